The van der Waals surface area contributed by atoms with Crippen molar-refractivity contribution in [1.82, 2.24) is 14.9 Å². The number of fused-ring (bicyclic) bond motifs is 3. The van der Waals surface area contributed by atoms with Crippen molar-refractivity contribution in [2.24, 2.45) is 0 Å². The first-order valence-corrected chi connectivity index (χ1v) is 8.34. The van der Waals surface area contributed by atoms with E-state index in [1.165, 1.54) is 27.7 Å². The minimum Gasteiger partial charge on any atom is -0.357 e. The van der Waals surface area contributed by atoms with Crippen molar-refractivity contribution < 1.29 is 0 Å². The number of nitrogens with zero attached hydrogens (tertiary/aromatic N) is 2. The van der Waals surface area contributed by atoms with Gasteiger partial charge < -0.3 is 9.88 Å². The Balaban J connectivity index is 1.76. The summed E-state index contributed by atoms with van der Waals surface area (Å²) in [5.74, 6) is 6.96. The molecule has 1 aliphatic rings. The van der Waals surface area contributed by atoms with Crippen molar-refractivity contribution in [3.8, 4) is 11.8 Å². The molecule has 2 aromatic heterocycles. The highest BCUT2D eigenvalue weighted by molar-refractivity contribution is 5.86. The first-order valence-electron chi connectivity index (χ1n) is 8.34. The first kappa shape index (κ1) is 15.0. The largest absolute Gasteiger partial charge is 0.357 e. The van der Waals surface area contributed by atoms with Crippen LogP contribution in [0.4, 0.5) is 0 Å². The molecule has 0 saturated heterocycles. The van der Waals surface area contributed by atoms with Gasteiger partial charge in [0.1, 0.15) is 0 Å². The van der Waals surface area contributed by atoms with E-state index in [4.69, 9.17) is 0 Å². The van der Waals surface area contributed by atoms with Crippen molar-refractivity contribution in [3.05, 3.63) is 64.6 Å². The van der Waals surface area contributed by atoms with Crippen LogP contribution in [0, 0.1) is 25.7 Å². The van der Waals surface area contributed by atoms with E-state index in [1.807, 2.05) is 25.3 Å². The highest BCUT2D eigenvalue weighted by atomic mass is 15.1. The molecule has 0 fully saturated rings. The summed E-state index contributed by atoms with van der Waals surface area (Å²) in [6, 6.07) is 10.7. The van der Waals surface area contributed by atoms with Crippen molar-refractivity contribution in [1.29, 1.82) is 0 Å². The molecule has 3 aromatic rings. The standard InChI is InChI=1S/C21H21N3/c1-14-4-9-20-18(10-14)19-13-24(3)12-17(21(19)23-20)8-7-16-6-5-15(2)22-11-16/h4-6,9-11,17,23H,12-13H2,1-3H3. The molecule has 3 heteroatoms. The average Bonchev–Trinajstić information content (AvgIpc) is 2.92. The predicted octanol–water partition coefficient (Wildman–Crippen LogP) is 3.76. The molecule has 1 unspecified atom stereocenters. The van der Waals surface area contributed by atoms with Crippen LogP contribution in [0.2, 0.25) is 0 Å². The Labute approximate surface area is 142 Å². The molecule has 0 bridgehead atoms. The maximum atomic E-state index is 4.33. The number of aromatic amines is 1. The Kier molecular flexibility index (Phi) is 3.63. The minimum absolute atomic E-state index is 0.202. The van der Waals surface area contributed by atoms with Crippen LogP contribution in [0.5, 0.6) is 0 Å². The van der Waals surface area contributed by atoms with Gasteiger partial charge in [-0.05, 0) is 50.7 Å². The summed E-state index contributed by atoms with van der Waals surface area (Å²) >= 11 is 0. The number of aromatic nitrogens is 2. The fourth-order valence-corrected chi connectivity index (χ4v) is 3.42. The van der Waals surface area contributed by atoms with Gasteiger partial charge in [0.25, 0.3) is 0 Å². The average molecular weight is 315 g/mol. The zero-order valence-corrected chi connectivity index (χ0v) is 14.4. The van der Waals surface area contributed by atoms with Crippen molar-refractivity contribution in [2.45, 2.75) is 26.3 Å². The summed E-state index contributed by atoms with van der Waals surface area (Å²) in [5, 5.41) is 1.33. The highest BCUT2D eigenvalue weighted by Crippen LogP contribution is 2.33. The van der Waals surface area contributed by atoms with Crippen LogP contribution in [0.15, 0.2) is 36.5 Å². The summed E-state index contributed by atoms with van der Waals surface area (Å²) in [6.07, 6.45) is 1.85. The molecule has 4 rings (SSSR count). The Morgan fingerprint density at radius 3 is 2.88 bits per heavy atom. The fraction of sp³-hybridized carbons (Fsp3) is 0.286. The molecule has 1 aromatic carbocycles. The summed E-state index contributed by atoms with van der Waals surface area (Å²) in [6.45, 7) is 6.06. The van der Waals surface area contributed by atoms with Crippen molar-refractivity contribution in [3.63, 3.8) is 0 Å². The van der Waals surface area contributed by atoms with Crippen LogP contribution < -0.4 is 0 Å². The maximum Gasteiger partial charge on any atom is 0.0737 e. The van der Waals surface area contributed by atoms with Gasteiger partial charge in [-0.1, -0.05) is 23.5 Å². The van der Waals surface area contributed by atoms with E-state index in [2.05, 4.69) is 58.9 Å². The van der Waals surface area contributed by atoms with Crippen LogP contribution in [0.25, 0.3) is 10.9 Å². The SMILES string of the molecule is Cc1ccc2[nH]c3c(c2c1)CN(C)CC3C#Cc1ccc(C)nc1. The molecule has 0 saturated carbocycles. The second-order valence-electron chi connectivity index (χ2n) is 6.77. The van der Waals surface area contributed by atoms with Gasteiger partial charge in [0.15, 0.2) is 0 Å². The predicted molar refractivity (Wildman–Crippen MR) is 98.0 cm³/mol. The highest BCUT2D eigenvalue weighted by Gasteiger charge is 2.25. The number of pyridine rings is 1. The van der Waals surface area contributed by atoms with Crippen LogP contribution in [0.3, 0.4) is 0 Å². The molecule has 0 amide bonds. The van der Waals surface area contributed by atoms with Gasteiger partial charge in [-0.25, -0.2) is 0 Å². The zero-order chi connectivity index (χ0) is 16.7. The van der Waals surface area contributed by atoms with Gasteiger partial charge in [-0.15, -0.1) is 0 Å². The third-order valence-electron chi connectivity index (χ3n) is 4.67. The summed E-state index contributed by atoms with van der Waals surface area (Å²) in [7, 11) is 2.17. The number of H-pyrrole nitrogens is 1. The quantitative estimate of drug-likeness (QED) is 0.641. The first-order chi connectivity index (χ1) is 11.6. The van der Waals surface area contributed by atoms with Crippen LogP contribution in [0.1, 0.15) is 34.0 Å². The molecule has 24 heavy (non-hydrogen) atoms. The van der Waals surface area contributed by atoms with E-state index >= 15 is 0 Å². The molecular formula is C21H21N3. The maximum absolute atomic E-state index is 4.33. The van der Waals surface area contributed by atoms with Gasteiger partial charge in [0.2, 0.25) is 0 Å². The molecule has 0 radical (unpaired) electrons. The van der Waals surface area contributed by atoms with Crippen LogP contribution in [-0.2, 0) is 6.54 Å². The van der Waals surface area contributed by atoms with Gasteiger partial charge >= 0.3 is 0 Å². The van der Waals surface area contributed by atoms with Gasteiger partial charge in [0, 0.05) is 47.1 Å². The van der Waals surface area contributed by atoms with E-state index in [1.54, 1.807) is 0 Å². The lowest BCUT2D eigenvalue weighted by Crippen LogP contribution is -2.29. The van der Waals surface area contributed by atoms with Gasteiger partial charge in [0.05, 0.1) is 5.92 Å². The lowest BCUT2D eigenvalue weighted by Gasteiger charge is -2.27. The monoisotopic (exact) mass is 315 g/mol. The van der Waals surface area contributed by atoms with Crippen molar-refractivity contribution >= 4 is 10.9 Å². The Bertz CT molecular complexity index is 954. The molecule has 1 N–H and O–H groups in total. The minimum atomic E-state index is 0.202. The van der Waals surface area contributed by atoms with E-state index in [0.717, 1.165) is 24.3 Å². The lowest BCUT2D eigenvalue weighted by molar-refractivity contribution is 0.300. The van der Waals surface area contributed by atoms with E-state index in [0.29, 0.717) is 0 Å². The molecule has 0 aliphatic carbocycles. The van der Waals surface area contributed by atoms with Crippen LogP contribution in [-0.4, -0.2) is 28.5 Å². The number of hydrogen-bond acceptors (Lipinski definition) is 2. The Morgan fingerprint density at radius 1 is 1.21 bits per heavy atom. The molecular weight excluding hydrogens is 294 g/mol. The van der Waals surface area contributed by atoms with E-state index in [-0.39, 0.29) is 5.92 Å². The number of aryl methyl sites for hydroxylation is 2. The van der Waals surface area contributed by atoms with E-state index in [9.17, 15) is 0 Å². The molecule has 0 spiro atoms. The summed E-state index contributed by atoms with van der Waals surface area (Å²) < 4.78 is 0. The Hall–Kier alpha value is -2.57. The number of benzene rings is 1. The second kappa shape index (κ2) is 5.81. The summed E-state index contributed by atoms with van der Waals surface area (Å²) in [4.78, 5) is 10.3. The molecule has 3 heterocycles. The third-order valence-corrected chi connectivity index (χ3v) is 4.67. The topological polar surface area (TPSA) is 31.9 Å². The van der Waals surface area contributed by atoms with Gasteiger partial charge in [-0.3, -0.25) is 4.98 Å². The number of nitrogens with one attached hydrogen (secondary N) is 1. The lowest BCUT2D eigenvalue weighted by atomic mass is 9.95. The Morgan fingerprint density at radius 2 is 2.08 bits per heavy atom. The number of hydrogen-bond donors (Lipinski definition) is 1. The molecule has 3 nitrogen and oxygen atoms in total. The van der Waals surface area contributed by atoms with Gasteiger partial charge in [-0.2, -0.15) is 0 Å². The van der Waals surface area contributed by atoms with Crippen molar-refractivity contribution in [2.75, 3.05) is 13.6 Å². The smallest absolute Gasteiger partial charge is 0.0737 e. The molecule has 120 valence electrons. The molecule has 1 atom stereocenters. The number of likely N-dealkylation sites (N-methyl/N-ethyl adjacent to an activating group) is 1. The summed E-state index contributed by atoms with van der Waals surface area (Å²) in [5.41, 5.74) is 7.18. The van der Waals surface area contributed by atoms with Crippen LogP contribution >= 0.6 is 0 Å². The molecule has 1 aliphatic heterocycles. The number of rotatable bonds is 0. The van der Waals surface area contributed by atoms with E-state index < -0.39 is 0 Å². The fourth-order valence-electron chi connectivity index (χ4n) is 3.42. The normalized spacial score (nSPS) is 17.4. The third kappa shape index (κ3) is 2.70. The second-order valence-corrected chi connectivity index (χ2v) is 6.77. The zero-order valence-electron chi connectivity index (χ0n) is 14.4.